The summed E-state index contributed by atoms with van der Waals surface area (Å²) in [6, 6.07) is 16.4. The zero-order chi connectivity index (χ0) is 13.1. The molecule has 1 atom stereocenters. The predicted molar refractivity (Wildman–Crippen MR) is 75.7 cm³/mol. The van der Waals surface area contributed by atoms with Crippen molar-refractivity contribution in [3.05, 3.63) is 66.2 Å². The van der Waals surface area contributed by atoms with Crippen molar-refractivity contribution in [1.82, 2.24) is 10.3 Å². The first-order valence-corrected chi connectivity index (χ1v) is 6.44. The topological polar surface area (TPSA) is 38.1 Å². The third kappa shape index (κ3) is 2.66. The summed E-state index contributed by atoms with van der Waals surface area (Å²) in [5.74, 6) is 0.945. The van der Waals surface area contributed by atoms with Crippen molar-refractivity contribution in [3.8, 4) is 0 Å². The Morgan fingerprint density at radius 2 is 2.00 bits per heavy atom. The Hall–Kier alpha value is -2.13. The van der Waals surface area contributed by atoms with E-state index >= 15 is 0 Å². The number of hydrogen-bond acceptors (Lipinski definition) is 3. The second-order valence-corrected chi connectivity index (χ2v) is 4.61. The van der Waals surface area contributed by atoms with Gasteiger partial charge in [0.15, 0.2) is 0 Å². The number of furan rings is 1. The van der Waals surface area contributed by atoms with Gasteiger partial charge in [-0.2, -0.15) is 0 Å². The average molecular weight is 252 g/mol. The summed E-state index contributed by atoms with van der Waals surface area (Å²) < 4.78 is 5.37. The molecule has 0 saturated heterocycles. The molecule has 0 fully saturated rings. The minimum atomic E-state index is 0.184. The van der Waals surface area contributed by atoms with Crippen molar-refractivity contribution in [2.45, 2.75) is 19.5 Å². The maximum Gasteiger partial charge on any atom is 0.120 e. The van der Waals surface area contributed by atoms with Crippen LogP contribution in [0.2, 0.25) is 0 Å². The fourth-order valence-electron chi connectivity index (χ4n) is 2.10. The van der Waals surface area contributed by atoms with E-state index in [-0.39, 0.29) is 6.04 Å². The van der Waals surface area contributed by atoms with Gasteiger partial charge in [-0.05, 0) is 31.2 Å². The standard InChI is InChI=1S/C16H16N2O/c1-12(16-7-4-10-19-16)17-11-14-9-8-13-5-2-3-6-15(13)18-14/h2-10,12,17H,11H2,1H3/t12-/m1/s1. The summed E-state index contributed by atoms with van der Waals surface area (Å²) in [6.07, 6.45) is 1.70. The molecule has 0 aliphatic heterocycles. The molecule has 0 bridgehead atoms. The van der Waals surface area contributed by atoms with Crippen LogP contribution in [-0.4, -0.2) is 4.98 Å². The molecule has 0 aliphatic rings. The molecule has 3 aromatic rings. The summed E-state index contributed by atoms with van der Waals surface area (Å²) in [4.78, 5) is 4.64. The monoisotopic (exact) mass is 252 g/mol. The highest BCUT2D eigenvalue weighted by Gasteiger charge is 2.07. The van der Waals surface area contributed by atoms with Gasteiger partial charge in [-0.25, -0.2) is 0 Å². The van der Waals surface area contributed by atoms with E-state index in [4.69, 9.17) is 4.42 Å². The Kier molecular flexibility index (Phi) is 3.29. The van der Waals surface area contributed by atoms with Crippen molar-refractivity contribution in [2.24, 2.45) is 0 Å². The number of fused-ring (bicyclic) bond motifs is 1. The van der Waals surface area contributed by atoms with Gasteiger partial charge >= 0.3 is 0 Å². The van der Waals surface area contributed by atoms with Gasteiger partial charge in [-0.1, -0.05) is 24.3 Å². The molecule has 2 aromatic heterocycles. The molecule has 3 heteroatoms. The van der Waals surface area contributed by atoms with Crippen molar-refractivity contribution in [2.75, 3.05) is 0 Å². The largest absolute Gasteiger partial charge is 0.468 e. The lowest BCUT2D eigenvalue weighted by Crippen LogP contribution is -2.18. The van der Waals surface area contributed by atoms with E-state index in [9.17, 15) is 0 Å². The summed E-state index contributed by atoms with van der Waals surface area (Å²) >= 11 is 0. The second kappa shape index (κ2) is 5.24. The number of rotatable bonds is 4. The molecule has 0 amide bonds. The first kappa shape index (κ1) is 11.9. The van der Waals surface area contributed by atoms with Gasteiger partial charge in [0.25, 0.3) is 0 Å². The van der Waals surface area contributed by atoms with Crippen LogP contribution in [0.25, 0.3) is 10.9 Å². The number of nitrogens with one attached hydrogen (secondary N) is 1. The van der Waals surface area contributed by atoms with Crippen LogP contribution in [-0.2, 0) is 6.54 Å². The van der Waals surface area contributed by atoms with E-state index < -0.39 is 0 Å². The highest BCUT2D eigenvalue weighted by molar-refractivity contribution is 5.78. The van der Waals surface area contributed by atoms with Crippen LogP contribution >= 0.6 is 0 Å². The molecule has 0 aliphatic carbocycles. The minimum Gasteiger partial charge on any atom is -0.468 e. The molecule has 3 rings (SSSR count). The van der Waals surface area contributed by atoms with Crippen molar-refractivity contribution in [1.29, 1.82) is 0 Å². The Morgan fingerprint density at radius 1 is 1.11 bits per heavy atom. The SMILES string of the molecule is C[C@@H](NCc1ccc2ccccc2n1)c1ccco1. The lowest BCUT2D eigenvalue weighted by atomic mass is 10.2. The van der Waals surface area contributed by atoms with E-state index in [0.29, 0.717) is 0 Å². The molecule has 2 heterocycles. The smallest absolute Gasteiger partial charge is 0.120 e. The minimum absolute atomic E-state index is 0.184. The zero-order valence-corrected chi connectivity index (χ0v) is 10.8. The van der Waals surface area contributed by atoms with Crippen LogP contribution in [0.5, 0.6) is 0 Å². The van der Waals surface area contributed by atoms with Gasteiger partial charge in [0, 0.05) is 11.9 Å². The number of benzene rings is 1. The Balaban J connectivity index is 1.71. The van der Waals surface area contributed by atoms with E-state index in [1.54, 1.807) is 6.26 Å². The van der Waals surface area contributed by atoms with Crippen molar-refractivity contribution in [3.63, 3.8) is 0 Å². The highest BCUT2D eigenvalue weighted by atomic mass is 16.3. The van der Waals surface area contributed by atoms with E-state index in [2.05, 4.69) is 35.4 Å². The second-order valence-electron chi connectivity index (χ2n) is 4.61. The molecular formula is C16H16N2O. The lowest BCUT2D eigenvalue weighted by Gasteiger charge is -2.11. The predicted octanol–water partition coefficient (Wildman–Crippen LogP) is 3.68. The number of para-hydroxylation sites is 1. The van der Waals surface area contributed by atoms with E-state index in [0.717, 1.165) is 23.5 Å². The highest BCUT2D eigenvalue weighted by Crippen LogP contribution is 2.14. The van der Waals surface area contributed by atoms with Gasteiger partial charge in [0.2, 0.25) is 0 Å². The maximum absolute atomic E-state index is 5.37. The summed E-state index contributed by atoms with van der Waals surface area (Å²) in [5.41, 5.74) is 2.07. The summed E-state index contributed by atoms with van der Waals surface area (Å²) in [5, 5.41) is 4.58. The lowest BCUT2D eigenvalue weighted by molar-refractivity contribution is 0.429. The maximum atomic E-state index is 5.37. The number of nitrogens with zero attached hydrogens (tertiary/aromatic N) is 1. The zero-order valence-electron chi connectivity index (χ0n) is 10.8. The van der Waals surface area contributed by atoms with Crippen molar-refractivity contribution >= 4 is 10.9 Å². The Labute approximate surface area is 112 Å². The summed E-state index contributed by atoms with van der Waals surface area (Å²) in [7, 11) is 0. The van der Waals surface area contributed by atoms with Gasteiger partial charge in [-0.15, -0.1) is 0 Å². The number of pyridine rings is 1. The van der Waals surface area contributed by atoms with Crippen LogP contribution in [0.15, 0.2) is 59.2 Å². The van der Waals surface area contributed by atoms with E-state index in [1.165, 1.54) is 5.39 Å². The molecule has 0 saturated carbocycles. The summed E-state index contributed by atoms with van der Waals surface area (Å²) in [6.45, 7) is 2.81. The molecule has 1 aromatic carbocycles. The molecule has 0 spiro atoms. The molecule has 0 radical (unpaired) electrons. The van der Waals surface area contributed by atoms with Crippen LogP contribution < -0.4 is 5.32 Å². The van der Waals surface area contributed by atoms with Gasteiger partial charge in [0.1, 0.15) is 5.76 Å². The fourth-order valence-corrected chi connectivity index (χ4v) is 2.10. The first-order chi connectivity index (χ1) is 9.33. The van der Waals surface area contributed by atoms with Gasteiger partial charge in [-0.3, -0.25) is 4.98 Å². The van der Waals surface area contributed by atoms with E-state index in [1.807, 2.05) is 30.3 Å². The van der Waals surface area contributed by atoms with Crippen LogP contribution in [0.4, 0.5) is 0 Å². The molecule has 19 heavy (non-hydrogen) atoms. The van der Waals surface area contributed by atoms with Gasteiger partial charge < -0.3 is 9.73 Å². The first-order valence-electron chi connectivity index (χ1n) is 6.44. The fraction of sp³-hybridized carbons (Fsp3) is 0.188. The Morgan fingerprint density at radius 3 is 2.84 bits per heavy atom. The van der Waals surface area contributed by atoms with Crippen LogP contribution in [0.3, 0.4) is 0 Å². The normalized spacial score (nSPS) is 12.7. The number of aromatic nitrogens is 1. The molecular weight excluding hydrogens is 236 g/mol. The van der Waals surface area contributed by atoms with Crippen molar-refractivity contribution < 1.29 is 4.42 Å². The number of hydrogen-bond donors (Lipinski definition) is 1. The molecule has 1 N–H and O–H groups in total. The third-order valence-corrected chi connectivity index (χ3v) is 3.22. The molecule has 3 nitrogen and oxygen atoms in total. The van der Waals surface area contributed by atoms with Crippen LogP contribution in [0, 0.1) is 0 Å². The average Bonchev–Trinajstić information content (AvgIpc) is 2.99. The quantitative estimate of drug-likeness (QED) is 0.769. The van der Waals surface area contributed by atoms with Gasteiger partial charge in [0.05, 0.1) is 23.5 Å². The molecule has 0 unspecified atom stereocenters. The molecule has 96 valence electrons. The van der Waals surface area contributed by atoms with Crippen LogP contribution in [0.1, 0.15) is 24.4 Å². The third-order valence-electron chi connectivity index (χ3n) is 3.22. The Bertz CT molecular complexity index is 661.